The highest BCUT2D eigenvalue weighted by atomic mass is 32.2. The second kappa shape index (κ2) is 6.83. The topological polar surface area (TPSA) is 72.6 Å². The predicted molar refractivity (Wildman–Crippen MR) is 85.7 cm³/mol. The first-order valence-electron chi connectivity index (χ1n) is 6.96. The van der Waals surface area contributed by atoms with Crippen LogP contribution in [0.4, 0.5) is 0 Å². The van der Waals surface area contributed by atoms with Gasteiger partial charge in [0.1, 0.15) is 4.99 Å². The van der Waals surface area contributed by atoms with Gasteiger partial charge in [-0.2, -0.15) is 4.31 Å². The van der Waals surface area contributed by atoms with E-state index >= 15 is 0 Å². The predicted octanol–water partition coefficient (Wildman–Crippen LogP) is 1.51. The van der Waals surface area contributed by atoms with Gasteiger partial charge in [0.05, 0.1) is 11.0 Å². The number of sulfonamides is 1. The van der Waals surface area contributed by atoms with Crippen molar-refractivity contribution in [2.45, 2.75) is 30.8 Å². The summed E-state index contributed by atoms with van der Waals surface area (Å²) in [5.74, 6) is 0. The summed E-state index contributed by atoms with van der Waals surface area (Å²) in [6.07, 6.45) is 1.90. The van der Waals surface area contributed by atoms with Gasteiger partial charge in [0.15, 0.2) is 0 Å². The van der Waals surface area contributed by atoms with Crippen molar-refractivity contribution < 1.29 is 13.2 Å². The van der Waals surface area contributed by atoms with Crippen LogP contribution in [0.15, 0.2) is 29.2 Å². The second-order valence-electron chi connectivity index (χ2n) is 4.98. The maximum Gasteiger partial charge on any atom is 0.243 e. The molecule has 1 fully saturated rings. The van der Waals surface area contributed by atoms with E-state index in [0.29, 0.717) is 25.3 Å². The Morgan fingerprint density at radius 3 is 2.57 bits per heavy atom. The van der Waals surface area contributed by atoms with E-state index in [4.69, 9.17) is 22.7 Å². The van der Waals surface area contributed by atoms with E-state index in [1.807, 2.05) is 6.92 Å². The van der Waals surface area contributed by atoms with Crippen molar-refractivity contribution in [2.75, 3.05) is 19.7 Å². The zero-order chi connectivity index (χ0) is 15.5. The van der Waals surface area contributed by atoms with Crippen LogP contribution in [0.1, 0.15) is 25.3 Å². The summed E-state index contributed by atoms with van der Waals surface area (Å²) >= 11 is 4.87. The fourth-order valence-corrected chi connectivity index (χ4v) is 3.97. The van der Waals surface area contributed by atoms with Crippen molar-refractivity contribution >= 4 is 27.2 Å². The van der Waals surface area contributed by atoms with Crippen molar-refractivity contribution in [3.05, 3.63) is 29.8 Å². The minimum atomic E-state index is -3.51. The molecule has 7 heteroatoms. The molecule has 1 aromatic carbocycles. The van der Waals surface area contributed by atoms with Gasteiger partial charge < -0.3 is 10.5 Å². The molecule has 1 atom stereocenters. The molecule has 0 saturated carbocycles. The third-order valence-electron chi connectivity index (χ3n) is 3.56. The van der Waals surface area contributed by atoms with Crippen molar-refractivity contribution in [3.8, 4) is 0 Å². The number of benzene rings is 1. The molecular formula is C14H20N2O3S2. The number of rotatable bonds is 6. The lowest BCUT2D eigenvalue weighted by atomic mass is 10.2. The van der Waals surface area contributed by atoms with E-state index < -0.39 is 10.0 Å². The van der Waals surface area contributed by atoms with Gasteiger partial charge in [0.25, 0.3) is 0 Å². The maximum atomic E-state index is 12.6. The standard InChI is InChI=1S/C14H20N2O3S2/c1-2-16(10-12-4-3-9-19-12)21(17,18)13-7-5-11(6-8-13)14(15)20/h5-8,12H,2-4,9-10H2,1H3,(H2,15,20). The van der Waals surface area contributed by atoms with Crippen LogP contribution in [0.3, 0.4) is 0 Å². The molecule has 1 aliphatic heterocycles. The van der Waals surface area contributed by atoms with Crippen LogP contribution >= 0.6 is 12.2 Å². The number of nitrogens with two attached hydrogens (primary N) is 1. The lowest BCUT2D eigenvalue weighted by Gasteiger charge is -2.23. The van der Waals surface area contributed by atoms with Gasteiger partial charge in [-0.1, -0.05) is 31.3 Å². The van der Waals surface area contributed by atoms with Crippen LogP contribution in [-0.4, -0.2) is 43.5 Å². The molecule has 0 spiro atoms. The third-order valence-corrected chi connectivity index (χ3v) is 5.75. The van der Waals surface area contributed by atoms with Crippen molar-refractivity contribution in [1.29, 1.82) is 0 Å². The van der Waals surface area contributed by atoms with Crippen molar-refractivity contribution in [2.24, 2.45) is 5.73 Å². The monoisotopic (exact) mass is 328 g/mol. The summed E-state index contributed by atoms with van der Waals surface area (Å²) in [5, 5.41) is 0. The first-order chi connectivity index (χ1) is 9.95. The Morgan fingerprint density at radius 2 is 2.10 bits per heavy atom. The molecule has 1 aliphatic rings. The minimum Gasteiger partial charge on any atom is -0.389 e. The van der Waals surface area contributed by atoms with Crippen LogP contribution < -0.4 is 5.73 Å². The molecule has 0 aromatic heterocycles. The average molecular weight is 328 g/mol. The molecule has 1 unspecified atom stereocenters. The number of hydrogen-bond donors (Lipinski definition) is 1. The molecule has 1 saturated heterocycles. The highest BCUT2D eigenvalue weighted by molar-refractivity contribution is 7.89. The van der Waals surface area contributed by atoms with Crippen molar-refractivity contribution in [3.63, 3.8) is 0 Å². The van der Waals surface area contributed by atoms with E-state index in [1.54, 1.807) is 24.3 Å². The van der Waals surface area contributed by atoms with E-state index in [1.165, 1.54) is 4.31 Å². The summed E-state index contributed by atoms with van der Waals surface area (Å²) in [4.78, 5) is 0.507. The number of thiocarbonyl (C=S) groups is 1. The molecule has 0 amide bonds. The Hall–Kier alpha value is -1.02. The number of likely N-dealkylation sites (N-methyl/N-ethyl adjacent to an activating group) is 1. The molecular weight excluding hydrogens is 308 g/mol. The Bertz CT molecular complexity index is 593. The van der Waals surface area contributed by atoms with Gasteiger partial charge >= 0.3 is 0 Å². The Balaban J connectivity index is 2.19. The normalized spacial score (nSPS) is 19.0. The molecule has 1 heterocycles. The zero-order valence-corrected chi connectivity index (χ0v) is 13.6. The number of nitrogens with zero attached hydrogens (tertiary/aromatic N) is 1. The highest BCUT2D eigenvalue weighted by Crippen LogP contribution is 2.20. The third kappa shape index (κ3) is 3.79. The van der Waals surface area contributed by atoms with Crippen molar-refractivity contribution in [1.82, 2.24) is 4.31 Å². The number of ether oxygens (including phenoxy) is 1. The van der Waals surface area contributed by atoms with E-state index in [-0.39, 0.29) is 16.0 Å². The first kappa shape index (κ1) is 16.4. The zero-order valence-electron chi connectivity index (χ0n) is 12.0. The maximum absolute atomic E-state index is 12.6. The van der Waals surface area contributed by atoms with Gasteiger partial charge in [-0.3, -0.25) is 0 Å². The Labute approximate surface area is 131 Å². The summed E-state index contributed by atoms with van der Waals surface area (Å²) in [7, 11) is -3.51. The number of hydrogen-bond acceptors (Lipinski definition) is 4. The minimum absolute atomic E-state index is 0.00406. The fraction of sp³-hybridized carbons (Fsp3) is 0.500. The van der Waals surface area contributed by atoms with Crippen LogP contribution in [-0.2, 0) is 14.8 Å². The fourth-order valence-electron chi connectivity index (χ4n) is 2.35. The summed E-state index contributed by atoms with van der Waals surface area (Å²) in [6, 6.07) is 6.36. The summed E-state index contributed by atoms with van der Waals surface area (Å²) in [6.45, 7) is 3.36. The SMILES string of the molecule is CCN(CC1CCCO1)S(=O)(=O)c1ccc(C(N)=S)cc1. The molecule has 2 N–H and O–H groups in total. The van der Waals surface area contributed by atoms with Crippen LogP contribution in [0.5, 0.6) is 0 Å². The van der Waals surface area contributed by atoms with E-state index in [9.17, 15) is 8.42 Å². The molecule has 5 nitrogen and oxygen atoms in total. The van der Waals surface area contributed by atoms with Gasteiger partial charge in [-0.15, -0.1) is 0 Å². The lowest BCUT2D eigenvalue weighted by molar-refractivity contribution is 0.0947. The highest BCUT2D eigenvalue weighted by Gasteiger charge is 2.27. The van der Waals surface area contributed by atoms with E-state index in [0.717, 1.165) is 12.8 Å². The second-order valence-corrected chi connectivity index (χ2v) is 7.36. The summed E-state index contributed by atoms with van der Waals surface area (Å²) < 4.78 is 32.3. The Kier molecular flexibility index (Phi) is 5.32. The Morgan fingerprint density at radius 1 is 1.43 bits per heavy atom. The van der Waals surface area contributed by atoms with Gasteiger partial charge in [0.2, 0.25) is 10.0 Å². The van der Waals surface area contributed by atoms with Crippen LogP contribution in [0, 0.1) is 0 Å². The molecule has 0 aliphatic carbocycles. The van der Waals surface area contributed by atoms with Crippen LogP contribution in [0.2, 0.25) is 0 Å². The van der Waals surface area contributed by atoms with E-state index in [2.05, 4.69) is 0 Å². The smallest absolute Gasteiger partial charge is 0.243 e. The van der Waals surface area contributed by atoms with Gasteiger partial charge in [-0.05, 0) is 25.0 Å². The van der Waals surface area contributed by atoms with Gasteiger partial charge in [-0.25, -0.2) is 8.42 Å². The molecule has 116 valence electrons. The lowest BCUT2D eigenvalue weighted by Crippen LogP contribution is -2.37. The largest absolute Gasteiger partial charge is 0.389 e. The molecule has 21 heavy (non-hydrogen) atoms. The van der Waals surface area contributed by atoms with Gasteiger partial charge in [0, 0.05) is 25.3 Å². The average Bonchev–Trinajstić information content (AvgIpc) is 2.97. The molecule has 0 bridgehead atoms. The molecule has 1 aromatic rings. The summed E-state index contributed by atoms with van der Waals surface area (Å²) in [5.41, 5.74) is 6.18. The molecule has 2 rings (SSSR count). The first-order valence-corrected chi connectivity index (χ1v) is 8.81. The molecule has 0 radical (unpaired) electrons. The van der Waals surface area contributed by atoms with Crippen LogP contribution in [0.25, 0.3) is 0 Å². The quantitative estimate of drug-likeness (QED) is 0.802.